The Morgan fingerprint density at radius 3 is 2.65 bits per heavy atom. The predicted molar refractivity (Wildman–Crippen MR) is 129 cm³/mol. The minimum Gasteiger partial charge on any atom is -0.458 e. The molecule has 31 heavy (non-hydrogen) atoms. The van der Waals surface area contributed by atoms with Crippen LogP contribution in [0, 0.1) is 40.4 Å². The smallest absolute Gasteiger partial charge is 0.331 e. The van der Waals surface area contributed by atoms with Gasteiger partial charge in [0.15, 0.2) is 0 Å². The maximum absolute atomic E-state index is 11.7. The fraction of sp³-hybridized carbons (Fsp3) is 0.815. The van der Waals surface area contributed by atoms with E-state index in [-0.39, 0.29) is 5.97 Å². The van der Waals surface area contributed by atoms with Gasteiger partial charge in [-0.2, -0.15) is 11.8 Å². The van der Waals surface area contributed by atoms with E-state index in [1.165, 1.54) is 63.4 Å². The highest BCUT2D eigenvalue weighted by Crippen LogP contribution is 2.68. The van der Waals surface area contributed by atoms with Crippen molar-refractivity contribution in [2.75, 3.05) is 18.9 Å². The Morgan fingerprint density at radius 1 is 1.06 bits per heavy atom. The van der Waals surface area contributed by atoms with Crippen molar-refractivity contribution < 1.29 is 9.53 Å². The van der Waals surface area contributed by atoms with E-state index in [4.69, 9.17) is 10.5 Å². The van der Waals surface area contributed by atoms with E-state index in [9.17, 15) is 4.79 Å². The Kier molecular flexibility index (Phi) is 6.09. The van der Waals surface area contributed by atoms with Crippen LogP contribution in [0.3, 0.4) is 0 Å². The number of thioether (sulfide) groups is 1. The van der Waals surface area contributed by atoms with Crippen molar-refractivity contribution in [2.45, 2.75) is 76.9 Å². The maximum Gasteiger partial charge on any atom is 0.331 e. The Bertz CT molecular complexity index is 762. The lowest BCUT2D eigenvalue weighted by Crippen LogP contribution is -2.53. The van der Waals surface area contributed by atoms with Crippen LogP contribution in [0.5, 0.6) is 0 Å². The van der Waals surface area contributed by atoms with Gasteiger partial charge >= 0.3 is 5.97 Å². The van der Waals surface area contributed by atoms with Crippen molar-refractivity contribution >= 4 is 17.7 Å². The summed E-state index contributed by atoms with van der Waals surface area (Å²) in [7, 11) is 0. The number of cyclic esters (lactones) is 1. The normalized spacial score (nSPS) is 46.9. The van der Waals surface area contributed by atoms with Gasteiger partial charge in [-0.15, -0.1) is 0 Å². The minimum absolute atomic E-state index is 0.114. The quantitative estimate of drug-likeness (QED) is 0.434. The molecule has 0 bridgehead atoms. The van der Waals surface area contributed by atoms with Crippen molar-refractivity contribution in [3.63, 3.8) is 0 Å². The van der Waals surface area contributed by atoms with Gasteiger partial charge in [-0.3, -0.25) is 0 Å². The fourth-order valence-corrected chi connectivity index (χ4v) is 10.1. The van der Waals surface area contributed by atoms with Crippen molar-refractivity contribution in [3.8, 4) is 0 Å². The number of hydrogen-bond acceptors (Lipinski definition) is 4. The summed E-state index contributed by atoms with van der Waals surface area (Å²) in [5, 5.41) is 0.841. The summed E-state index contributed by atoms with van der Waals surface area (Å²) in [5.74, 6) is 5.17. The molecule has 0 radical (unpaired) electrons. The van der Waals surface area contributed by atoms with Crippen LogP contribution in [0.15, 0.2) is 23.8 Å². The lowest BCUT2D eigenvalue weighted by atomic mass is 9.44. The highest BCUT2D eigenvalue weighted by atomic mass is 32.2. The third kappa shape index (κ3) is 3.74. The Hall–Kier alpha value is -0.740. The molecule has 4 heteroatoms. The second-order valence-electron chi connectivity index (χ2n) is 11.6. The molecule has 1 aliphatic heterocycles. The van der Waals surface area contributed by atoms with Crippen molar-refractivity contribution in [3.05, 3.63) is 23.8 Å². The molecule has 3 nitrogen and oxygen atoms in total. The molecular weight excluding hydrogens is 402 g/mol. The molecular formula is C27H41NO2S. The number of nitrogens with two attached hydrogens (primary N) is 1. The van der Waals surface area contributed by atoms with Gasteiger partial charge in [-0.25, -0.2) is 4.79 Å². The molecule has 0 aromatic heterocycles. The van der Waals surface area contributed by atoms with E-state index in [0.717, 1.165) is 34.7 Å². The van der Waals surface area contributed by atoms with Crippen LogP contribution in [0.1, 0.15) is 71.6 Å². The molecule has 4 saturated carbocycles. The van der Waals surface area contributed by atoms with Crippen LogP contribution in [0.25, 0.3) is 0 Å². The lowest BCUT2D eigenvalue weighted by Gasteiger charge is -2.61. The summed E-state index contributed by atoms with van der Waals surface area (Å²) in [4.78, 5) is 11.7. The molecule has 8 atom stereocenters. The average Bonchev–Trinajstić information content (AvgIpc) is 3.33. The van der Waals surface area contributed by atoms with Crippen LogP contribution in [0.2, 0.25) is 0 Å². The first-order valence-corrected chi connectivity index (χ1v) is 13.8. The minimum atomic E-state index is -0.114. The second kappa shape index (κ2) is 8.56. The van der Waals surface area contributed by atoms with E-state index in [1.54, 1.807) is 0 Å². The molecule has 4 fully saturated rings. The van der Waals surface area contributed by atoms with Gasteiger partial charge in [0.25, 0.3) is 0 Å². The molecule has 0 aromatic rings. The van der Waals surface area contributed by atoms with E-state index >= 15 is 0 Å². The number of rotatable bonds is 5. The van der Waals surface area contributed by atoms with Crippen LogP contribution in [-0.4, -0.2) is 30.1 Å². The molecule has 0 saturated heterocycles. The van der Waals surface area contributed by atoms with E-state index in [2.05, 4.69) is 37.8 Å². The largest absolute Gasteiger partial charge is 0.458 e. The summed E-state index contributed by atoms with van der Waals surface area (Å²) in [6, 6.07) is 0. The summed E-state index contributed by atoms with van der Waals surface area (Å²) >= 11 is 2.16. The molecule has 4 aliphatic carbocycles. The summed E-state index contributed by atoms with van der Waals surface area (Å²) in [5.41, 5.74) is 7.83. The van der Waals surface area contributed by atoms with Crippen LogP contribution >= 0.6 is 11.8 Å². The zero-order valence-electron chi connectivity index (χ0n) is 19.5. The third-order valence-electron chi connectivity index (χ3n) is 10.5. The molecule has 2 N–H and O–H groups in total. The van der Waals surface area contributed by atoms with Gasteiger partial charge in [0.2, 0.25) is 0 Å². The summed E-state index contributed by atoms with van der Waals surface area (Å²) in [6.07, 6.45) is 18.7. The van der Waals surface area contributed by atoms with Crippen LogP contribution in [0.4, 0.5) is 0 Å². The van der Waals surface area contributed by atoms with Crippen molar-refractivity contribution in [1.82, 2.24) is 0 Å². The van der Waals surface area contributed by atoms with Crippen molar-refractivity contribution in [1.29, 1.82) is 0 Å². The van der Waals surface area contributed by atoms with Gasteiger partial charge in [-0.1, -0.05) is 26.0 Å². The highest BCUT2D eigenvalue weighted by molar-refractivity contribution is 8.00. The van der Waals surface area contributed by atoms with E-state index in [0.29, 0.717) is 29.9 Å². The molecule has 0 aromatic carbocycles. The molecule has 0 amide bonds. The molecule has 5 rings (SSSR count). The average molecular weight is 444 g/mol. The van der Waals surface area contributed by atoms with Crippen molar-refractivity contribution in [2.24, 2.45) is 46.2 Å². The van der Waals surface area contributed by atoms with E-state index in [1.807, 2.05) is 6.08 Å². The number of esters is 1. The summed E-state index contributed by atoms with van der Waals surface area (Å²) < 4.78 is 5.30. The SMILES string of the molecule is C[C@]12CC[C@H](SC/C=C/CN)C[C@H]1CC[C@@H]1[C@@H]2CC[C@]2(C)[C@@H](C3=CC(=O)OC3)CC[C@@H]12. The standard InChI is InChI=1S/C27H41NO2S/c1-26-11-9-20(31-14-4-3-13-28)16-19(26)5-6-21-23-8-7-22(18-15-25(29)30-17-18)27(23,2)12-10-24(21)26/h3-4,15,19-24H,5-14,16-17,28H2,1-2H3/b4-3+/t19-,20+,21+,22-,23+,24+,26+,27-/m1/s1. The number of carbonyl (C=O) groups excluding carboxylic acids is 1. The highest BCUT2D eigenvalue weighted by Gasteiger charge is 2.60. The van der Waals surface area contributed by atoms with Gasteiger partial charge < -0.3 is 10.5 Å². The van der Waals surface area contributed by atoms with Gasteiger partial charge in [0.05, 0.1) is 0 Å². The lowest BCUT2D eigenvalue weighted by molar-refractivity contribution is -0.135. The first kappa shape index (κ1) is 22.1. The number of carbonyl (C=O) groups is 1. The molecule has 0 unspecified atom stereocenters. The second-order valence-corrected chi connectivity index (χ2v) is 12.9. The Morgan fingerprint density at radius 2 is 1.87 bits per heavy atom. The number of hydrogen-bond donors (Lipinski definition) is 1. The van der Waals surface area contributed by atoms with Gasteiger partial charge in [-0.05, 0) is 104 Å². The van der Waals surface area contributed by atoms with Crippen LogP contribution < -0.4 is 5.73 Å². The third-order valence-corrected chi connectivity index (χ3v) is 11.8. The van der Waals surface area contributed by atoms with Gasteiger partial charge in [0.1, 0.15) is 6.61 Å². The monoisotopic (exact) mass is 443 g/mol. The fourth-order valence-electron chi connectivity index (χ4n) is 8.93. The Balaban J connectivity index is 1.28. The molecule has 0 spiro atoms. The first-order chi connectivity index (χ1) is 15.0. The number of ether oxygens (including phenoxy) is 1. The first-order valence-electron chi connectivity index (χ1n) is 12.8. The van der Waals surface area contributed by atoms with Crippen LogP contribution in [-0.2, 0) is 9.53 Å². The molecule has 5 aliphatic rings. The molecule has 172 valence electrons. The maximum atomic E-state index is 11.7. The molecule has 1 heterocycles. The summed E-state index contributed by atoms with van der Waals surface area (Å²) in [6.45, 7) is 6.45. The predicted octanol–water partition coefficient (Wildman–Crippen LogP) is 5.75. The zero-order chi connectivity index (χ0) is 21.6. The Labute approximate surface area is 193 Å². The topological polar surface area (TPSA) is 52.3 Å². The zero-order valence-corrected chi connectivity index (χ0v) is 20.3. The van der Waals surface area contributed by atoms with E-state index < -0.39 is 0 Å². The van der Waals surface area contributed by atoms with Gasteiger partial charge in [0, 0.05) is 23.6 Å². The number of fused-ring (bicyclic) bond motifs is 5.